The SMILES string of the molecule is COC(=O)[C@H]1Cc2c(c3ccccc3n2C)[C@@H](c2ccc(OC)cc2)CC(C(=O)OC)(C(=O)OC)C1. The number of esters is 3. The van der Waals surface area contributed by atoms with Gasteiger partial charge < -0.3 is 23.5 Å². The van der Waals surface area contributed by atoms with E-state index in [2.05, 4.69) is 4.57 Å². The number of nitrogens with zero attached hydrogens (tertiary/aromatic N) is 1. The number of hydrogen-bond donors (Lipinski definition) is 0. The van der Waals surface area contributed by atoms with Crippen molar-refractivity contribution in [3.05, 3.63) is 65.4 Å². The Morgan fingerprint density at radius 1 is 0.861 bits per heavy atom. The molecule has 2 atom stereocenters. The molecule has 0 amide bonds. The molecule has 36 heavy (non-hydrogen) atoms. The van der Waals surface area contributed by atoms with Crippen LogP contribution in [-0.2, 0) is 42.1 Å². The van der Waals surface area contributed by atoms with Gasteiger partial charge in [-0.25, -0.2) is 0 Å². The van der Waals surface area contributed by atoms with Crippen LogP contribution in [0.4, 0.5) is 0 Å². The van der Waals surface area contributed by atoms with Gasteiger partial charge in [0.1, 0.15) is 5.75 Å². The normalized spacial score (nSPS) is 18.9. The van der Waals surface area contributed by atoms with Gasteiger partial charge in [-0.05, 0) is 42.2 Å². The number of carbonyl (C=O) groups is 3. The average molecular weight is 494 g/mol. The van der Waals surface area contributed by atoms with Gasteiger partial charge >= 0.3 is 17.9 Å². The minimum atomic E-state index is -1.71. The maximum Gasteiger partial charge on any atom is 0.323 e. The number of aryl methyl sites for hydroxylation is 1. The molecule has 0 spiro atoms. The molecule has 1 heterocycles. The van der Waals surface area contributed by atoms with Crippen LogP contribution in [0.5, 0.6) is 5.75 Å². The zero-order valence-electron chi connectivity index (χ0n) is 21.2. The molecule has 0 fully saturated rings. The summed E-state index contributed by atoms with van der Waals surface area (Å²) in [5.41, 5.74) is 2.11. The van der Waals surface area contributed by atoms with Gasteiger partial charge in [0.15, 0.2) is 5.41 Å². The molecule has 1 aliphatic rings. The van der Waals surface area contributed by atoms with Crippen molar-refractivity contribution in [3.8, 4) is 5.75 Å². The zero-order valence-corrected chi connectivity index (χ0v) is 21.2. The molecule has 0 aliphatic heterocycles. The monoisotopic (exact) mass is 493 g/mol. The molecule has 0 N–H and O–H groups in total. The summed E-state index contributed by atoms with van der Waals surface area (Å²) in [4.78, 5) is 39.7. The molecule has 2 aromatic carbocycles. The number of ether oxygens (including phenoxy) is 4. The summed E-state index contributed by atoms with van der Waals surface area (Å²) in [6.45, 7) is 0. The number of rotatable bonds is 5. The van der Waals surface area contributed by atoms with Crippen molar-refractivity contribution in [2.45, 2.75) is 25.2 Å². The quantitative estimate of drug-likeness (QED) is 0.303. The molecule has 0 saturated heterocycles. The van der Waals surface area contributed by atoms with Crippen molar-refractivity contribution in [2.75, 3.05) is 28.4 Å². The largest absolute Gasteiger partial charge is 0.497 e. The van der Waals surface area contributed by atoms with E-state index < -0.39 is 29.2 Å². The van der Waals surface area contributed by atoms with Crippen molar-refractivity contribution in [3.63, 3.8) is 0 Å². The highest BCUT2D eigenvalue weighted by Gasteiger charge is 2.54. The Hall–Kier alpha value is -3.81. The van der Waals surface area contributed by atoms with E-state index in [9.17, 15) is 14.4 Å². The number of methoxy groups -OCH3 is 4. The second kappa shape index (κ2) is 10.0. The van der Waals surface area contributed by atoms with Gasteiger partial charge in [-0.2, -0.15) is 0 Å². The van der Waals surface area contributed by atoms with Gasteiger partial charge in [0, 0.05) is 36.0 Å². The van der Waals surface area contributed by atoms with Crippen LogP contribution in [0.25, 0.3) is 10.9 Å². The second-order valence-corrected chi connectivity index (χ2v) is 9.16. The molecule has 0 radical (unpaired) electrons. The van der Waals surface area contributed by atoms with Crippen molar-refractivity contribution in [2.24, 2.45) is 18.4 Å². The smallest absolute Gasteiger partial charge is 0.323 e. The third kappa shape index (κ3) is 4.10. The van der Waals surface area contributed by atoms with E-state index in [0.717, 1.165) is 27.7 Å². The predicted octanol–water partition coefficient (Wildman–Crippen LogP) is 3.78. The van der Waals surface area contributed by atoms with Crippen molar-refractivity contribution in [1.29, 1.82) is 0 Å². The topological polar surface area (TPSA) is 93.1 Å². The standard InChI is InChI=1S/C28H31NO7/c1-29-22-9-7-6-8-20(22)24-21(17-10-12-19(33-2)13-11-17)16-28(26(31)35-4,27(32)36-5)15-18(14-23(24)29)25(30)34-3/h6-13,18,21H,14-16H2,1-5H3/t18-,21+/m0/s1. The van der Waals surface area contributed by atoms with Gasteiger partial charge in [0.2, 0.25) is 0 Å². The molecule has 8 heteroatoms. The van der Waals surface area contributed by atoms with Gasteiger partial charge in [-0.3, -0.25) is 14.4 Å². The van der Waals surface area contributed by atoms with Gasteiger partial charge in [0.25, 0.3) is 0 Å². The van der Waals surface area contributed by atoms with Gasteiger partial charge in [-0.15, -0.1) is 0 Å². The van der Waals surface area contributed by atoms with E-state index >= 15 is 0 Å². The Labute approximate surface area is 210 Å². The Bertz CT molecular complexity index is 1280. The van der Waals surface area contributed by atoms with E-state index in [0.29, 0.717) is 5.75 Å². The van der Waals surface area contributed by atoms with Crippen LogP contribution >= 0.6 is 0 Å². The molecule has 3 aromatic rings. The molecule has 0 unspecified atom stereocenters. The lowest BCUT2D eigenvalue weighted by atomic mass is 9.66. The molecule has 0 bridgehead atoms. The van der Waals surface area contributed by atoms with Crippen LogP contribution in [0.2, 0.25) is 0 Å². The fourth-order valence-electron chi connectivity index (χ4n) is 5.63. The molecule has 0 saturated carbocycles. The third-order valence-electron chi connectivity index (χ3n) is 7.41. The number of hydrogen-bond acceptors (Lipinski definition) is 7. The maximum atomic E-state index is 13.4. The van der Waals surface area contributed by atoms with E-state index in [1.165, 1.54) is 21.3 Å². The van der Waals surface area contributed by atoms with Crippen LogP contribution < -0.4 is 4.74 Å². The lowest BCUT2D eigenvalue weighted by Crippen LogP contribution is -2.46. The van der Waals surface area contributed by atoms with Crippen LogP contribution in [0.3, 0.4) is 0 Å². The van der Waals surface area contributed by atoms with Crippen LogP contribution in [-0.4, -0.2) is 50.9 Å². The highest BCUT2D eigenvalue weighted by molar-refractivity contribution is 6.01. The summed E-state index contributed by atoms with van der Waals surface area (Å²) in [7, 11) is 7.35. The maximum absolute atomic E-state index is 13.4. The zero-order chi connectivity index (χ0) is 26.0. The van der Waals surface area contributed by atoms with Crippen LogP contribution in [0.1, 0.15) is 35.6 Å². The van der Waals surface area contributed by atoms with E-state index in [4.69, 9.17) is 18.9 Å². The first-order valence-electron chi connectivity index (χ1n) is 11.8. The number of carbonyl (C=O) groups excluding carboxylic acids is 3. The van der Waals surface area contributed by atoms with Crippen molar-refractivity contribution in [1.82, 2.24) is 4.57 Å². The summed E-state index contributed by atoms with van der Waals surface area (Å²) in [6.07, 6.45) is 0.259. The highest BCUT2D eigenvalue weighted by atomic mass is 16.5. The molecule has 190 valence electrons. The van der Waals surface area contributed by atoms with E-state index in [1.807, 2.05) is 55.6 Å². The summed E-state index contributed by atoms with van der Waals surface area (Å²) >= 11 is 0. The summed E-state index contributed by atoms with van der Waals surface area (Å²) < 4.78 is 22.9. The fourth-order valence-corrected chi connectivity index (χ4v) is 5.63. The first-order chi connectivity index (χ1) is 17.3. The highest BCUT2D eigenvalue weighted by Crippen LogP contribution is 2.49. The average Bonchev–Trinajstić information content (AvgIpc) is 3.18. The predicted molar refractivity (Wildman–Crippen MR) is 133 cm³/mol. The Balaban J connectivity index is 2.05. The fraction of sp³-hybridized carbons (Fsp3) is 0.393. The molecule has 4 rings (SSSR count). The van der Waals surface area contributed by atoms with Crippen LogP contribution in [0.15, 0.2) is 48.5 Å². The molecule has 1 aliphatic carbocycles. The lowest BCUT2D eigenvalue weighted by molar-refractivity contribution is -0.172. The van der Waals surface area contributed by atoms with Crippen molar-refractivity contribution < 1.29 is 33.3 Å². The third-order valence-corrected chi connectivity index (χ3v) is 7.41. The first-order valence-corrected chi connectivity index (χ1v) is 11.8. The van der Waals surface area contributed by atoms with E-state index in [-0.39, 0.29) is 25.2 Å². The molecular weight excluding hydrogens is 462 g/mol. The van der Waals surface area contributed by atoms with Gasteiger partial charge in [-0.1, -0.05) is 30.3 Å². The summed E-state index contributed by atoms with van der Waals surface area (Å²) in [6, 6.07) is 15.6. The Morgan fingerprint density at radius 3 is 2.08 bits per heavy atom. The van der Waals surface area contributed by atoms with Gasteiger partial charge in [0.05, 0.1) is 34.4 Å². The first kappa shape index (κ1) is 25.3. The lowest BCUT2D eigenvalue weighted by Gasteiger charge is -2.36. The van der Waals surface area contributed by atoms with Crippen LogP contribution in [0, 0.1) is 11.3 Å². The molecule has 8 nitrogen and oxygen atoms in total. The number of aromatic nitrogens is 1. The molecule has 1 aromatic heterocycles. The summed E-state index contributed by atoms with van der Waals surface area (Å²) in [5, 5.41) is 0.991. The van der Waals surface area contributed by atoms with E-state index in [1.54, 1.807) is 7.11 Å². The van der Waals surface area contributed by atoms with Crippen molar-refractivity contribution >= 4 is 28.8 Å². The minimum Gasteiger partial charge on any atom is -0.497 e. The number of para-hydroxylation sites is 1. The molecular formula is C28H31NO7. The number of benzene rings is 2. The number of fused-ring (bicyclic) bond motifs is 3. The Kier molecular flexibility index (Phi) is 7.06. The second-order valence-electron chi connectivity index (χ2n) is 9.16. The Morgan fingerprint density at radius 2 is 1.50 bits per heavy atom. The minimum absolute atomic E-state index is 0.0627. The summed E-state index contributed by atoms with van der Waals surface area (Å²) in [5.74, 6) is -2.39.